The van der Waals surface area contributed by atoms with E-state index in [4.69, 9.17) is 4.98 Å². The van der Waals surface area contributed by atoms with Gasteiger partial charge in [0.1, 0.15) is 0 Å². The van der Waals surface area contributed by atoms with Crippen molar-refractivity contribution in [1.29, 1.82) is 0 Å². The number of aromatic nitrogens is 1. The van der Waals surface area contributed by atoms with Gasteiger partial charge in [-0.25, -0.2) is 13.4 Å². The average molecular weight is 474 g/mol. The van der Waals surface area contributed by atoms with Crippen molar-refractivity contribution in [2.45, 2.75) is 38.5 Å². The van der Waals surface area contributed by atoms with E-state index in [1.54, 1.807) is 29.2 Å². The summed E-state index contributed by atoms with van der Waals surface area (Å²) in [5, 5.41) is 0.633. The lowest BCUT2D eigenvalue weighted by atomic mass is 10.1. The Morgan fingerprint density at radius 1 is 0.969 bits per heavy atom. The lowest BCUT2D eigenvalue weighted by Crippen LogP contribution is -2.34. The molecule has 3 aromatic rings. The number of carbonyl (C=O) groups excluding carboxylic acids is 1. The van der Waals surface area contributed by atoms with Crippen molar-refractivity contribution in [2.75, 3.05) is 37.8 Å². The molecule has 0 spiro atoms. The first-order chi connectivity index (χ1) is 15.1. The fourth-order valence-corrected chi connectivity index (χ4v) is 5.84. The van der Waals surface area contributed by atoms with Gasteiger partial charge in [0.05, 0.1) is 20.9 Å². The van der Waals surface area contributed by atoms with Crippen molar-refractivity contribution < 1.29 is 13.2 Å². The Kier molecular flexibility index (Phi) is 7.69. The van der Waals surface area contributed by atoms with Crippen LogP contribution >= 0.6 is 11.3 Å². The summed E-state index contributed by atoms with van der Waals surface area (Å²) in [6, 6.07) is 10.8. The Balaban J connectivity index is 1.83. The zero-order valence-electron chi connectivity index (χ0n) is 19.4. The molecule has 8 heteroatoms. The third-order valence-corrected chi connectivity index (χ3v) is 8.36. The van der Waals surface area contributed by atoms with Gasteiger partial charge < -0.3 is 4.90 Å². The molecule has 0 saturated heterocycles. The highest BCUT2D eigenvalue weighted by atomic mass is 32.2. The number of aryl methyl sites for hydroxylation is 3. The Hall–Kier alpha value is -2.29. The molecule has 1 amide bonds. The third-order valence-electron chi connectivity index (χ3n) is 5.41. The molecule has 32 heavy (non-hydrogen) atoms. The normalized spacial score (nSPS) is 11.9. The number of carbonyl (C=O) groups is 1. The number of sulfone groups is 1. The second-order valence-corrected chi connectivity index (χ2v) is 11.5. The summed E-state index contributed by atoms with van der Waals surface area (Å²) in [5.74, 6) is -0.434. The number of thiazole rings is 1. The fraction of sp³-hybridized carbons (Fsp3) is 0.417. The molecular weight excluding hydrogens is 442 g/mol. The molecule has 0 aliphatic carbocycles. The van der Waals surface area contributed by atoms with E-state index in [0.717, 1.165) is 39.9 Å². The van der Waals surface area contributed by atoms with Crippen LogP contribution in [0.5, 0.6) is 0 Å². The highest BCUT2D eigenvalue weighted by molar-refractivity contribution is 7.91. The lowest BCUT2D eigenvalue weighted by molar-refractivity contribution is -0.118. The van der Waals surface area contributed by atoms with Crippen LogP contribution in [0.15, 0.2) is 41.3 Å². The zero-order chi connectivity index (χ0) is 23.5. The smallest absolute Gasteiger partial charge is 0.229 e. The van der Waals surface area contributed by atoms with Crippen LogP contribution < -0.4 is 4.90 Å². The van der Waals surface area contributed by atoms with Crippen LogP contribution in [0, 0.1) is 20.8 Å². The predicted molar refractivity (Wildman–Crippen MR) is 132 cm³/mol. The number of rotatable bonds is 9. The maximum atomic E-state index is 13.2. The minimum atomic E-state index is -3.53. The molecule has 0 aliphatic heterocycles. The van der Waals surface area contributed by atoms with Gasteiger partial charge in [0.15, 0.2) is 15.0 Å². The molecule has 1 heterocycles. The molecule has 1 aromatic heterocycles. The van der Waals surface area contributed by atoms with E-state index in [1.807, 2.05) is 40.9 Å². The van der Waals surface area contributed by atoms with Crippen LogP contribution in [-0.4, -0.2) is 57.1 Å². The molecule has 3 rings (SSSR count). The summed E-state index contributed by atoms with van der Waals surface area (Å²) in [6.07, 6.45) is 0.698. The number of fused-ring (bicyclic) bond motifs is 1. The molecule has 0 aliphatic rings. The molecule has 0 fully saturated rings. The standard InChI is InChI=1S/C24H31N3O3S2/c1-17-7-11-20(12-8-17)32(29,30)16-13-21(28)27(15-6-14-26(4)5)24-25-22-18(2)9-10-19(3)23(22)31-24/h7-12H,6,13-16H2,1-5H3. The van der Waals surface area contributed by atoms with E-state index >= 15 is 0 Å². The van der Waals surface area contributed by atoms with Crippen molar-refractivity contribution in [2.24, 2.45) is 0 Å². The number of amides is 1. The van der Waals surface area contributed by atoms with E-state index in [9.17, 15) is 13.2 Å². The topological polar surface area (TPSA) is 70.6 Å². The van der Waals surface area contributed by atoms with Gasteiger partial charge in [-0.15, -0.1) is 0 Å². The molecular formula is C24H31N3O3S2. The van der Waals surface area contributed by atoms with Crippen LogP contribution in [-0.2, 0) is 14.6 Å². The second kappa shape index (κ2) is 10.1. The van der Waals surface area contributed by atoms with Crippen molar-refractivity contribution in [1.82, 2.24) is 9.88 Å². The Bertz CT molecular complexity index is 1160. The monoisotopic (exact) mass is 473 g/mol. The summed E-state index contributed by atoms with van der Waals surface area (Å²) >= 11 is 1.50. The predicted octanol–water partition coefficient (Wildman–Crippen LogP) is 4.37. The summed E-state index contributed by atoms with van der Waals surface area (Å²) < 4.78 is 26.6. The van der Waals surface area contributed by atoms with Gasteiger partial charge in [-0.05, 0) is 71.1 Å². The number of anilines is 1. The molecule has 0 radical (unpaired) electrons. The number of hydrogen-bond acceptors (Lipinski definition) is 6. The number of nitrogens with zero attached hydrogens (tertiary/aromatic N) is 3. The van der Waals surface area contributed by atoms with Crippen LogP contribution in [0.1, 0.15) is 29.5 Å². The molecule has 6 nitrogen and oxygen atoms in total. The van der Waals surface area contributed by atoms with Crippen molar-refractivity contribution in [3.05, 3.63) is 53.1 Å². The third kappa shape index (κ3) is 5.74. The van der Waals surface area contributed by atoms with Gasteiger partial charge in [-0.1, -0.05) is 41.2 Å². The first-order valence-corrected chi connectivity index (χ1v) is 13.2. The van der Waals surface area contributed by atoms with Crippen molar-refractivity contribution in [3.63, 3.8) is 0 Å². The minimum absolute atomic E-state index is 0.0773. The molecule has 0 unspecified atom stereocenters. The van der Waals surface area contributed by atoms with Crippen molar-refractivity contribution >= 4 is 42.4 Å². The maximum Gasteiger partial charge on any atom is 0.229 e. The minimum Gasteiger partial charge on any atom is -0.309 e. The highest BCUT2D eigenvalue weighted by Crippen LogP contribution is 2.33. The summed E-state index contributed by atoms with van der Waals surface area (Å²) in [4.78, 5) is 22.0. The summed E-state index contributed by atoms with van der Waals surface area (Å²) in [5.41, 5.74) is 4.09. The van der Waals surface area contributed by atoms with E-state index in [-0.39, 0.29) is 23.0 Å². The number of benzene rings is 2. The van der Waals surface area contributed by atoms with Crippen LogP contribution in [0.4, 0.5) is 5.13 Å². The molecule has 2 aromatic carbocycles. The average Bonchev–Trinajstić information content (AvgIpc) is 3.19. The van der Waals surface area contributed by atoms with E-state index in [1.165, 1.54) is 11.3 Å². The summed E-state index contributed by atoms with van der Waals surface area (Å²) in [6.45, 7) is 7.29. The van der Waals surface area contributed by atoms with Crippen LogP contribution in [0.25, 0.3) is 10.2 Å². The molecule has 172 valence electrons. The molecule has 0 atom stereocenters. The lowest BCUT2D eigenvalue weighted by Gasteiger charge is -2.21. The Morgan fingerprint density at radius 3 is 2.25 bits per heavy atom. The SMILES string of the molecule is Cc1ccc(S(=O)(=O)CCC(=O)N(CCCN(C)C)c2nc3c(C)ccc(C)c3s2)cc1. The van der Waals surface area contributed by atoms with Gasteiger partial charge >= 0.3 is 0 Å². The largest absolute Gasteiger partial charge is 0.309 e. The van der Waals surface area contributed by atoms with Gasteiger partial charge in [-0.3, -0.25) is 9.69 Å². The number of hydrogen-bond donors (Lipinski definition) is 0. The van der Waals surface area contributed by atoms with E-state index < -0.39 is 9.84 Å². The van der Waals surface area contributed by atoms with Crippen molar-refractivity contribution in [3.8, 4) is 0 Å². The van der Waals surface area contributed by atoms with Crippen LogP contribution in [0.3, 0.4) is 0 Å². The van der Waals surface area contributed by atoms with E-state index in [2.05, 4.69) is 11.0 Å². The first kappa shape index (κ1) is 24.4. The van der Waals surface area contributed by atoms with Gasteiger partial charge in [0, 0.05) is 13.0 Å². The summed E-state index contributed by atoms with van der Waals surface area (Å²) in [7, 11) is 0.449. The van der Waals surface area contributed by atoms with Gasteiger partial charge in [-0.2, -0.15) is 0 Å². The zero-order valence-corrected chi connectivity index (χ0v) is 21.0. The quantitative estimate of drug-likeness (QED) is 0.462. The second-order valence-electron chi connectivity index (χ2n) is 8.46. The maximum absolute atomic E-state index is 13.2. The van der Waals surface area contributed by atoms with E-state index in [0.29, 0.717) is 11.7 Å². The van der Waals surface area contributed by atoms with Crippen LogP contribution in [0.2, 0.25) is 0 Å². The molecule has 0 N–H and O–H groups in total. The molecule has 0 bridgehead atoms. The highest BCUT2D eigenvalue weighted by Gasteiger charge is 2.23. The van der Waals surface area contributed by atoms with Gasteiger partial charge in [0.25, 0.3) is 0 Å². The first-order valence-electron chi connectivity index (χ1n) is 10.7. The van der Waals surface area contributed by atoms with Gasteiger partial charge in [0.2, 0.25) is 5.91 Å². The Morgan fingerprint density at radius 2 is 1.62 bits per heavy atom. The Labute approximate surface area is 194 Å². The fourth-order valence-electron chi connectivity index (χ4n) is 3.46. The molecule has 0 saturated carbocycles.